The molecule has 1 aromatic carbocycles. The van der Waals surface area contributed by atoms with E-state index in [1.54, 1.807) is 11.8 Å². The molecule has 2 aromatic rings. The van der Waals surface area contributed by atoms with Crippen LogP contribution in [0.4, 0.5) is 5.82 Å². The number of carbonyl (C=O) groups excluding carboxylic acids is 1. The maximum Gasteiger partial charge on any atom is 0.253 e. The average molecular weight is 473 g/mol. The fourth-order valence-electron chi connectivity index (χ4n) is 4.57. The normalized spacial score (nSPS) is 18.0. The molecule has 172 valence electrons. The van der Waals surface area contributed by atoms with Gasteiger partial charge in [0.25, 0.3) is 5.91 Å². The van der Waals surface area contributed by atoms with Gasteiger partial charge in [-0.3, -0.25) is 4.79 Å². The first-order chi connectivity index (χ1) is 15.5. The van der Waals surface area contributed by atoms with Crippen LogP contribution in [0, 0.1) is 5.92 Å². The maximum atomic E-state index is 12.7. The molecular formula is C25H33ClN4OS. The number of hydrogen-bond acceptors (Lipinski definition) is 5. The summed E-state index contributed by atoms with van der Waals surface area (Å²) in [7, 11) is 2.11. The number of benzene rings is 1. The van der Waals surface area contributed by atoms with Crippen molar-refractivity contribution in [2.75, 3.05) is 25.0 Å². The van der Waals surface area contributed by atoms with Crippen LogP contribution >= 0.6 is 23.4 Å². The largest absolute Gasteiger partial charge is 0.357 e. The van der Waals surface area contributed by atoms with Crippen LogP contribution < -0.4 is 4.90 Å². The van der Waals surface area contributed by atoms with Crippen molar-refractivity contribution in [1.29, 1.82) is 0 Å². The molecule has 1 aliphatic carbocycles. The Balaban J connectivity index is 1.36. The molecule has 5 nitrogen and oxygen atoms in total. The number of hydrogen-bond donors (Lipinski definition) is 0. The van der Waals surface area contributed by atoms with E-state index in [2.05, 4.69) is 23.9 Å². The molecule has 0 spiro atoms. The van der Waals surface area contributed by atoms with Crippen LogP contribution in [0.25, 0.3) is 0 Å². The highest BCUT2D eigenvalue weighted by Gasteiger charge is 2.22. The minimum Gasteiger partial charge on any atom is -0.357 e. The third-order valence-corrected chi connectivity index (χ3v) is 7.90. The predicted octanol–water partition coefficient (Wildman–Crippen LogP) is 6.06. The highest BCUT2D eigenvalue weighted by molar-refractivity contribution is 7.98. The van der Waals surface area contributed by atoms with Gasteiger partial charge in [-0.25, -0.2) is 9.97 Å². The van der Waals surface area contributed by atoms with Gasteiger partial charge < -0.3 is 9.80 Å². The summed E-state index contributed by atoms with van der Waals surface area (Å²) in [6.45, 7) is 3.98. The zero-order chi connectivity index (χ0) is 22.5. The van der Waals surface area contributed by atoms with Gasteiger partial charge in [-0.1, -0.05) is 61.7 Å². The fourth-order valence-corrected chi connectivity index (χ4v) is 5.61. The van der Waals surface area contributed by atoms with E-state index in [1.807, 2.05) is 35.2 Å². The number of carbonyl (C=O) groups is 1. The number of likely N-dealkylation sites (tertiary alicyclic amines) is 1. The minimum absolute atomic E-state index is 0.143. The number of thioether (sulfide) groups is 1. The van der Waals surface area contributed by atoms with Crippen LogP contribution in [0.2, 0.25) is 5.15 Å². The molecule has 4 rings (SSSR count). The van der Waals surface area contributed by atoms with Crippen molar-refractivity contribution in [3.05, 3.63) is 46.6 Å². The zero-order valence-electron chi connectivity index (χ0n) is 19.1. The molecule has 2 aliphatic rings. The van der Waals surface area contributed by atoms with Gasteiger partial charge in [-0.05, 0) is 49.3 Å². The minimum atomic E-state index is 0.143. The van der Waals surface area contributed by atoms with Gasteiger partial charge in [0.2, 0.25) is 0 Å². The molecule has 1 aromatic heterocycles. The second kappa shape index (κ2) is 10.9. The Morgan fingerprint density at radius 1 is 1.09 bits per heavy atom. The third-order valence-electron chi connectivity index (χ3n) is 6.78. The van der Waals surface area contributed by atoms with Gasteiger partial charge in [-0.2, -0.15) is 0 Å². The molecule has 7 heteroatoms. The second-order valence-corrected chi connectivity index (χ2v) is 10.5. The molecule has 0 atom stereocenters. The molecule has 0 bridgehead atoms. The van der Waals surface area contributed by atoms with Gasteiger partial charge in [0, 0.05) is 43.6 Å². The van der Waals surface area contributed by atoms with Gasteiger partial charge >= 0.3 is 0 Å². The van der Waals surface area contributed by atoms with Crippen molar-refractivity contribution in [2.24, 2.45) is 5.92 Å². The molecule has 0 radical (unpaired) electrons. The Labute approximate surface area is 200 Å². The lowest BCUT2D eigenvalue weighted by atomic mass is 9.94. The standard InChI is InChI=1S/C25H33ClN4OS/c1-18-12-14-30(15-13-18)24(31)20-10-8-19(9-11-20)17-32-25-27-22(26)16-23(28-25)29(2)21-6-4-3-5-7-21/h8-11,16,18,21H,3-7,12-15,17H2,1-2H3. The van der Waals surface area contributed by atoms with E-state index in [4.69, 9.17) is 16.6 Å². The maximum absolute atomic E-state index is 12.7. The number of aromatic nitrogens is 2. The van der Waals surface area contributed by atoms with Gasteiger partial charge in [0.15, 0.2) is 5.16 Å². The van der Waals surface area contributed by atoms with Crippen LogP contribution in [0.5, 0.6) is 0 Å². The second-order valence-electron chi connectivity index (χ2n) is 9.19. The van der Waals surface area contributed by atoms with Crippen molar-refractivity contribution in [1.82, 2.24) is 14.9 Å². The van der Waals surface area contributed by atoms with E-state index in [9.17, 15) is 4.79 Å². The summed E-state index contributed by atoms with van der Waals surface area (Å²) in [6.07, 6.45) is 8.51. The highest BCUT2D eigenvalue weighted by atomic mass is 35.5. The lowest BCUT2D eigenvalue weighted by Crippen LogP contribution is -2.37. The zero-order valence-corrected chi connectivity index (χ0v) is 20.7. The van der Waals surface area contributed by atoms with Gasteiger partial charge in [0.1, 0.15) is 11.0 Å². The number of piperidine rings is 1. The van der Waals surface area contributed by atoms with Crippen molar-refractivity contribution >= 4 is 35.1 Å². The van der Waals surface area contributed by atoms with Crippen molar-refractivity contribution < 1.29 is 4.79 Å². The first-order valence-corrected chi connectivity index (χ1v) is 13.1. The van der Waals surface area contributed by atoms with E-state index < -0.39 is 0 Å². The number of anilines is 1. The molecular weight excluding hydrogens is 440 g/mol. The van der Waals surface area contributed by atoms with Crippen LogP contribution in [0.3, 0.4) is 0 Å². The van der Waals surface area contributed by atoms with E-state index in [0.717, 1.165) is 54.5 Å². The summed E-state index contributed by atoms with van der Waals surface area (Å²) in [5.74, 6) is 2.50. The molecule has 0 N–H and O–H groups in total. The fraction of sp³-hybridized carbons (Fsp3) is 0.560. The summed E-state index contributed by atoms with van der Waals surface area (Å²) >= 11 is 7.90. The van der Waals surface area contributed by atoms with Gasteiger partial charge in [-0.15, -0.1) is 0 Å². The number of halogens is 1. The Morgan fingerprint density at radius 3 is 2.47 bits per heavy atom. The van der Waals surface area contributed by atoms with Crippen LogP contribution in [0.1, 0.15) is 67.8 Å². The smallest absolute Gasteiger partial charge is 0.253 e. The molecule has 1 aliphatic heterocycles. The van der Waals surface area contributed by atoms with Crippen LogP contribution in [-0.2, 0) is 5.75 Å². The monoisotopic (exact) mass is 472 g/mol. The Hall–Kier alpha value is -1.79. The molecule has 2 fully saturated rings. The lowest BCUT2D eigenvalue weighted by molar-refractivity contribution is 0.0697. The Morgan fingerprint density at radius 2 is 1.78 bits per heavy atom. The lowest BCUT2D eigenvalue weighted by Gasteiger charge is -2.32. The van der Waals surface area contributed by atoms with Crippen molar-refractivity contribution in [3.8, 4) is 0 Å². The molecule has 1 saturated heterocycles. The van der Waals surface area contributed by atoms with E-state index in [-0.39, 0.29) is 5.91 Å². The Bertz CT molecular complexity index is 909. The summed E-state index contributed by atoms with van der Waals surface area (Å²) in [5.41, 5.74) is 1.91. The van der Waals surface area contributed by atoms with Crippen molar-refractivity contribution in [3.63, 3.8) is 0 Å². The van der Waals surface area contributed by atoms with E-state index >= 15 is 0 Å². The summed E-state index contributed by atoms with van der Waals surface area (Å²) < 4.78 is 0. The molecule has 32 heavy (non-hydrogen) atoms. The number of amides is 1. The topological polar surface area (TPSA) is 49.3 Å². The Kier molecular flexibility index (Phi) is 7.95. The molecule has 1 amide bonds. The number of rotatable bonds is 6. The predicted molar refractivity (Wildman–Crippen MR) is 133 cm³/mol. The first kappa shape index (κ1) is 23.4. The van der Waals surface area contributed by atoms with E-state index in [1.165, 1.54) is 32.1 Å². The summed E-state index contributed by atoms with van der Waals surface area (Å²) in [4.78, 5) is 26.2. The highest BCUT2D eigenvalue weighted by Crippen LogP contribution is 2.29. The summed E-state index contributed by atoms with van der Waals surface area (Å²) in [6, 6.07) is 10.3. The average Bonchev–Trinajstić information content (AvgIpc) is 2.83. The molecule has 0 unspecified atom stereocenters. The SMILES string of the molecule is CC1CCN(C(=O)c2ccc(CSc3nc(Cl)cc(N(C)C4CCCCC4)n3)cc2)CC1. The van der Waals surface area contributed by atoms with Crippen LogP contribution in [0.15, 0.2) is 35.5 Å². The van der Waals surface area contributed by atoms with E-state index in [0.29, 0.717) is 16.4 Å². The van der Waals surface area contributed by atoms with Gasteiger partial charge in [0.05, 0.1) is 0 Å². The number of nitrogens with zero attached hydrogens (tertiary/aromatic N) is 4. The molecule has 2 heterocycles. The van der Waals surface area contributed by atoms with Crippen molar-refractivity contribution in [2.45, 2.75) is 68.8 Å². The van der Waals surface area contributed by atoms with Crippen LogP contribution in [-0.4, -0.2) is 47.0 Å². The molecule has 1 saturated carbocycles. The summed E-state index contributed by atoms with van der Waals surface area (Å²) in [5, 5.41) is 1.18. The third kappa shape index (κ3) is 5.96. The first-order valence-electron chi connectivity index (χ1n) is 11.8. The quantitative estimate of drug-likeness (QED) is 0.290.